The summed E-state index contributed by atoms with van der Waals surface area (Å²) in [6.07, 6.45) is 3.97. The Bertz CT molecular complexity index is 1540. The molecule has 4 aromatic carbocycles. The molecule has 0 radical (unpaired) electrons. The third-order valence-corrected chi connectivity index (χ3v) is 13.2. The molecule has 0 bridgehead atoms. The highest BCUT2D eigenvalue weighted by Crippen LogP contribution is 2.46. The van der Waals surface area contributed by atoms with E-state index in [0.29, 0.717) is 17.8 Å². The smallest absolute Gasteiger partial charge is 0.0852 e. The van der Waals surface area contributed by atoms with Gasteiger partial charge in [0.25, 0.3) is 0 Å². The summed E-state index contributed by atoms with van der Waals surface area (Å²) in [5, 5.41) is 4.40. The fraction of sp³-hybridized carbons (Fsp3) is 0.385. The molecule has 4 aromatic rings. The van der Waals surface area contributed by atoms with Crippen LogP contribution in [0, 0.1) is 17.8 Å². The van der Waals surface area contributed by atoms with Crippen LogP contribution in [0.15, 0.2) is 89.4 Å². The fourth-order valence-corrected chi connectivity index (χ4v) is 11.2. The summed E-state index contributed by atoms with van der Waals surface area (Å²) < 4.78 is 18.5. The van der Waals surface area contributed by atoms with Crippen molar-refractivity contribution in [3.05, 3.63) is 123 Å². The van der Waals surface area contributed by atoms with Crippen LogP contribution in [0.4, 0.5) is 0 Å². The molecular weight excluding hydrogens is 627 g/mol. The van der Waals surface area contributed by atoms with Crippen molar-refractivity contribution < 1.29 is 14.2 Å². The second kappa shape index (κ2) is 13.6. The van der Waals surface area contributed by atoms with E-state index < -0.39 is 7.92 Å². The van der Waals surface area contributed by atoms with Crippen LogP contribution >= 0.6 is 23.9 Å². The van der Waals surface area contributed by atoms with Crippen molar-refractivity contribution in [2.75, 3.05) is 21.3 Å². The van der Waals surface area contributed by atoms with E-state index in [1.807, 2.05) is 14.2 Å². The lowest BCUT2D eigenvalue weighted by molar-refractivity contribution is 0.0695. The summed E-state index contributed by atoms with van der Waals surface area (Å²) >= 11 is 3.58. The molecule has 0 amide bonds. The zero-order valence-corrected chi connectivity index (χ0v) is 29.2. The van der Waals surface area contributed by atoms with Gasteiger partial charge in [-0.1, -0.05) is 116 Å². The molecule has 0 N–H and O–H groups in total. The Morgan fingerprint density at radius 1 is 0.523 bits per heavy atom. The van der Waals surface area contributed by atoms with E-state index in [9.17, 15) is 0 Å². The van der Waals surface area contributed by atoms with E-state index in [1.54, 1.807) is 7.11 Å². The quantitative estimate of drug-likeness (QED) is 0.193. The number of benzene rings is 4. The van der Waals surface area contributed by atoms with Crippen molar-refractivity contribution in [1.29, 1.82) is 0 Å². The lowest BCUT2D eigenvalue weighted by atomic mass is 10.1. The van der Waals surface area contributed by atoms with Crippen LogP contribution in [0.25, 0.3) is 0 Å². The van der Waals surface area contributed by atoms with Gasteiger partial charge in [0.1, 0.15) is 0 Å². The fourth-order valence-electron chi connectivity index (χ4n) is 7.91. The van der Waals surface area contributed by atoms with Crippen molar-refractivity contribution in [3.8, 4) is 0 Å². The lowest BCUT2D eigenvalue weighted by Crippen LogP contribution is -2.26. The van der Waals surface area contributed by atoms with Crippen molar-refractivity contribution >= 4 is 39.8 Å². The summed E-state index contributed by atoms with van der Waals surface area (Å²) in [7, 11) is 4.83. The van der Waals surface area contributed by atoms with Gasteiger partial charge in [0.05, 0.1) is 18.3 Å². The van der Waals surface area contributed by atoms with Crippen LogP contribution in [0.3, 0.4) is 0 Å². The van der Waals surface area contributed by atoms with Gasteiger partial charge in [-0.05, 0) is 100 Å². The van der Waals surface area contributed by atoms with Gasteiger partial charge >= 0.3 is 0 Å². The highest BCUT2D eigenvalue weighted by Gasteiger charge is 2.37. The first-order valence-electron chi connectivity index (χ1n) is 15.8. The number of rotatable bonds is 6. The van der Waals surface area contributed by atoms with Crippen LogP contribution < -0.4 is 15.9 Å². The van der Waals surface area contributed by atoms with Crippen molar-refractivity contribution in [1.82, 2.24) is 0 Å². The Morgan fingerprint density at radius 2 is 0.932 bits per heavy atom. The number of hydrogen-bond acceptors (Lipinski definition) is 3. The average molecular weight is 672 g/mol. The van der Waals surface area contributed by atoms with Crippen molar-refractivity contribution in [3.63, 3.8) is 0 Å². The van der Waals surface area contributed by atoms with Gasteiger partial charge in [0.2, 0.25) is 0 Å². The number of halogens is 1. The van der Waals surface area contributed by atoms with Crippen LogP contribution in [0.5, 0.6) is 0 Å². The van der Waals surface area contributed by atoms with Gasteiger partial charge in [-0.2, -0.15) is 0 Å². The topological polar surface area (TPSA) is 27.7 Å². The number of hydrogen-bond donors (Lipinski definition) is 0. The van der Waals surface area contributed by atoms with E-state index in [1.165, 1.54) is 53.8 Å². The van der Waals surface area contributed by atoms with E-state index in [2.05, 4.69) is 122 Å². The third kappa shape index (κ3) is 5.74. The summed E-state index contributed by atoms with van der Waals surface area (Å²) in [6.45, 7) is 6.86. The zero-order valence-electron chi connectivity index (χ0n) is 26.7. The first-order chi connectivity index (χ1) is 21.4. The van der Waals surface area contributed by atoms with Crippen molar-refractivity contribution in [2.24, 2.45) is 17.8 Å². The Balaban J connectivity index is 0.000000220. The zero-order chi connectivity index (χ0) is 31.0. The summed E-state index contributed by atoms with van der Waals surface area (Å²) in [6, 6.07) is 31.2. The van der Waals surface area contributed by atoms with Gasteiger partial charge in [0, 0.05) is 25.8 Å². The minimum absolute atomic E-state index is 0.196. The molecule has 0 spiro atoms. The first-order valence-corrected chi connectivity index (χ1v) is 18.0. The van der Waals surface area contributed by atoms with Crippen LogP contribution in [0.1, 0.15) is 72.5 Å². The Hall–Kier alpha value is -2.33. The van der Waals surface area contributed by atoms with E-state index in [0.717, 1.165) is 19.3 Å². The molecule has 6 unspecified atom stereocenters. The predicted octanol–water partition coefficient (Wildman–Crippen LogP) is 8.53. The SMILES string of the molecule is COC1c2cccc(Br)c2CC1C.COC1c2cccc(P(c3ccccc3)c3cccc4c3CC(C)C4OC)c2CC1C. The molecule has 0 aliphatic heterocycles. The van der Waals surface area contributed by atoms with Gasteiger partial charge in [-0.3, -0.25) is 0 Å². The highest BCUT2D eigenvalue weighted by atomic mass is 79.9. The highest BCUT2D eigenvalue weighted by molar-refractivity contribution is 9.10. The minimum atomic E-state index is -0.649. The molecule has 5 heteroatoms. The molecule has 7 rings (SSSR count). The predicted molar refractivity (Wildman–Crippen MR) is 187 cm³/mol. The normalized spacial score (nSPS) is 25.5. The van der Waals surface area contributed by atoms with Gasteiger partial charge in [0.15, 0.2) is 0 Å². The Kier molecular flexibility index (Phi) is 9.76. The maximum Gasteiger partial charge on any atom is 0.0852 e. The summed E-state index contributed by atoms with van der Waals surface area (Å²) in [4.78, 5) is 0. The van der Waals surface area contributed by atoms with E-state index in [-0.39, 0.29) is 18.3 Å². The van der Waals surface area contributed by atoms with E-state index >= 15 is 0 Å². The summed E-state index contributed by atoms with van der Waals surface area (Å²) in [5.74, 6) is 1.61. The second-order valence-electron chi connectivity index (χ2n) is 12.7. The Labute approximate surface area is 273 Å². The molecule has 3 aliphatic carbocycles. The van der Waals surface area contributed by atoms with Crippen LogP contribution in [-0.4, -0.2) is 21.3 Å². The number of methoxy groups -OCH3 is 3. The molecule has 0 saturated carbocycles. The third-order valence-electron chi connectivity index (χ3n) is 9.84. The maximum absolute atomic E-state index is 5.90. The second-order valence-corrected chi connectivity index (χ2v) is 15.7. The maximum atomic E-state index is 5.90. The van der Waals surface area contributed by atoms with Crippen LogP contribution in [-0.2, 0) is 33.5 Å². The molecule has 230 valence electrons. The van der Waals surface area contributed by atoms with Gasteiger partial charge < -0.3 is 14.2 Å². The van der Waals surface area contributed by atoms with Crippen molar-refractivity contribution in [2.45, 2.75) is 58.3 Å². The molecule has 3 nitrogen and oxygen atoms in total. The largest absolute Gasteiger partial charge is 0.376 e. The summed E-state index contributed by atoms with van der Waals surface area (Å²) in [5.41, 5.74) is 8.54. The number of fused-ring (bicyclic) bond motifs is 3. The minimum Gasteiger partial charge on any atom is -0.376 e. The molecule has 3 aliphatic rings. The van der Waals surface area contributed by atoms with Gasteiger partial charge in [-0.15, -0.1) is 0 Å². The molecule has 0 saturated heterocycles. The van der Waals surface area contributed by atoms with Gasteiger partial charge in [-0.25, -0.2) is 0 Å². The first kappa shape index (κ1) is 31.6. The molecular formula is C39H44BrO3P. The average Bonchev–Trinajstić information content (AvgIpc) is 3.67. The molecule has 44 heavy (non-hydrogen) atoms. The lowest BCUT2D eigenvalue weighted by Gasteiger charge is -2.25. The number of ether oxygens (including phenoxy) is 3. The molecule has 0 aromatic heterocycles. The van der Waals surface area contributed by atoms with E-state index in [4.69, 9.17) is 14.2 Å². The molecule has 0 fully saturated rings. The molecule has 6 atom stereocenters. The Morgan fingerprint density at radius 3 is 1.39 bits per heavy atom. The monoisotopic (exact) mass is 670 g/mol. The standard InChI is InChI=1S/C28H31O2P.C11H13BrO/c1-18-16-23-21(27(18)29-3)12-8-14-25(23)31(20-10-6-5-7-11-20)26-15-9-13-22-24(26)17-19(2)28(22)30-4;1-7-6-9-8(11(7)13-2)4-3-5-10(9)12/h5-15,18-19,27-28H,16-17H2,1-4H3;3-5,7,11H,6H2,1-2H3. The van der Waals surface area contributed by atoms with Crippen LogP contribution in [0.2, 0.25) is 0 Å². The molecule has 0 heterocycles.